The SMILES string of the molecule is C=c1c(O)c(O)cc2c1=CC=C1C2(C)CCC2C3CC(C)(C#N)CCC3CCC12C. The molecule has 1 aromatic rings. The van der Waals surface area contributed by atoms with Crippen LogP contribution in [0.2, 0.25) is 0 Å². The minimum Gasteiger partial charge on any atom is -0.504 e. The number of phenols is 2. The number of allylic oxidation sites excluding steroid dienone is 2. The first-order valence-electron chi connectivity index (χ1n) is 11.5. The normalized spacial score (nSPS) is 41.8. The largest absolute Gasteiger partial charge is 0.504 e. The molecular formula is C27H33NO2. The minimum absolute atomic E-state index is 0.0670. The summed E-state index contributed by atoms with van der Waals surface area (Å²) in [6, 6.07) is 4.41. The molecule has 4 aliphatic rings. The summed E-state index contributed by atoms with van der Waals surface area (Å²) < 4.78 is 0. The molecule has 0 spiro atoms. The van der Waals surface area contributed by atoms with Crippen molar-refractivity contribution in [1.29, 1.82) is 5.26 Å². The molecule has 3 nitrogen and oxygen atoms in total. The molecule has 0 aliphatic heterocycles. The van der Waals surface area contributed by atoms with Gasteiger partial charge in [-0.3, -0.25) is 0 Å². The van der Waals surface area contributed by atoms with Gasteiger partial charge in [-0.25, -0.2) is 0 Å². The van der Waals surface area contributed by atoms with Crippen molar-refractivity contribution in [2.45, 2.75) is 71.1 Å². The predicted octanol–water partition coefficient (Wildman–Crippen LogP) is 4.64. The molecule has 6 unspecified atom stereocenters. The Bertz CT molecular complexity index is 1110. The Kier molecular flexibility index (Phi) is 4.05. The van der Waals surface area contributed by atoms with E-state index in [-0.39, 0.29) is 27.7 Å². The van der Waals surface area contributed by atoms with Crippen LogP contribution in [-0.2, 0) is 5.41 Å². The summed E-state index contributed by atoms with van der Waals surface area (Å²) in [6.07, 6.45) is 12.3. The molecule has 0 aromatic heterocycles. The average molecular weight is 404 g/mol. The first-order chi connectivity index (χ1) is 14.1. The Balaban J connectivity index is 1.62. The van der Waals surface area contributed by atoms with Gasteiger partial charge in [0.05, 0.1) is 11.5 Å². The third-order valence-electron chi connectivity index (χ3n) is 9.60. The number of aromatic hydroxyl groups is 2. The van der Waals surface area contributed by atoms with Crippen molar-refractivity contribution < 1.29 is 10.2 Å². The molecule has 6 atom stereocenters. The van der Waals surface area contributed by atoms with Crippen LogP contribution >= 0.6 is 0 Å². The zero-order chi connectivity index (χ0) is 21.5. The maximum atomic E-state index is 10.3. The molecule has 30 heavy (non-hydrogen) atoms. The highest BCUT2D eigenvalue weighted by Gasteiger charge is 2.57. The Labute approximate surface area is 179 Å². The standard InChI is InChI=1S/C27H33NO2/c1-16-18-5-6-23-26(3)11-8-17-7-10-25(2,15-28)14-19(17)20(26)9-12-27(23,4)21(18)13-22(29)24(16)30/h5-6,13,17,19-20,29-30H,1,7-12,14H2,2-4H3. The molecule has 1 aromatic carbocycles. The molecule has 3 saturated carbocycles. The molecule has 4 aliphatic carbocycles. The average Bonchev–Trinajstić information content (AvgIpc) is 2.72. The van der Waals surface area contributed by atoms with Crippen molar-refractivity contribution in [3.8, 4) is 17.6 Å². The van der Waals surface area contributed by atoms with Gasteiger partial charge in [-0.15, -0.1) is 0 Å². The molecule has 0 heterocycles. The second-order valence-electron chi connectivity index (χ2n) is 11.2. The lowest BCUT2D eigenvalue weighted by atomic mass is 9.43. The molecule has 5 rings (SSSR count). The lowest BCUT2D eigenvalue weighted by Gasteiger charge is -2.61. The van der Waals surface area contributed by atoms with E-state index in [1.807, 2.05) is 0 Å². The van der Waals surface area contributed by atoms with E-state index in [4.69, 9.17) is 0 Å². The zero-order valence-corrected chi connectivity index (χ0v) is 18.5. The lowest BCUT2D eigenvalue weighted by Crippen LogP contribution is -2.55. The van der Waals surface area contributed by atoms with Gasteiger partial charge in [-0.2, -0.15) is 5.26 Å². The highest BCUT2D eigenvalue weighted by atomic mass is 16.3. The van der Waals surface area contributed by atoms with Gasteiger partial charge in [-0.05, 0) is 91.9 Å². The van der Waals surface area contributed by atoms with E-state index in [2.05, 4.69) is 45.6 Å². The Morgan fingerprint density at radius 3 is 2.53 bits per heavy atom. The van der Waals surface area contributed by atoms with E-state index in [1.165, 1.54) is 24.8 Å². The van der Waals surface area contributed by atoms with Gasteiger partial charge in [0, 0.05) is 10.6 Å². The van der Waals surface area contributed by atoms with E-state index in [0.29, 0.717) is 17.1 Å². The summed E-state index contributed by atoms with van der Waals surface area (Å²) in [4.78, 5) is 0. The number of nitriles is 1. The van der Waals surface area contributed by atoms with Gasteiger partial charge in [0.1, 0.15) is 0 Å². The van der Waals surface area contributed by atoms with Crippen molar-refractivity contribution in [1.82, 2.24) is 0 Å². The fourth-order valence-corrected chi connectivity index (χ4v) is 7.85. The van der Waals surface area contributed by atoms with E-state index in [9.17, 15) is 15.5 Å². The van der Waals surface area contributed by atoms with Crippen molar-refractivity contribution in [3.63, 3.8) is 0 Å². The number of rotatable bonds is 0. The second kappa shape index (κ2) is 6.16. The van der Waals surface area contributed by atoms with Crippen molar-refractivity contribution in [2.24, 2.45) is 28.6 Å². The summed E-state index contributed by atoms with van der Waals surface area (Å²) in [5, 5.41) is 31.8. The van der Waals surface area contributed by atoms with Gasteiger partial charge in [0.25, 0.3) is 0 Å². The molecule has 0 bridgehead atoms. The molecule has 2 N–H and O–H groups in total. The molecule has 0 amide bonds. The summed E-state index contributed by atoms with van der Waals surface area (Å²) >= 11 is 0. The fourth-order valence-electron chi connectivity index (χ4n) is 7.85. The monoisotopic (exact) mass is 403 g/mol. The third kappa shape index (κ3) is 2.43. The van der Waals surface area contributed by atoms with Gasteiger partial charge >= 0.3 is 0 Å². The third-order valence-corrected chi connectivity index (χ3v) is 9.60. The van der Waals surface area contributed by atoms with Crippen LogP contribution in [0, 0.1) is 39.9 Å². The number of fused-ring (bicyclic) bond motifs is 7. The Morgan fingerprint density at radius 1 is 1.07 bits per heavy atom. The topological polar surface area (TPSA) is 64.2 Å². The van der Waals surface area contributed by atoms with Crippen LogP contribution < -0.4 is 10.4 Å². The number of hydrogen-bond donors (Lipinski definition) is 2. The van der Waals surface area contributed by atoms with Crippen molar-refractivity contribution >= 4 is 12.7 Å². The van der Waals surface area contributed by atoms with Gasteiger partial charge in [0.2, 0.25) is 0 Å². The van der Waals surface area contributed by atoms with Crippen LogP contribution in [0.4, 0.5) is 0 Å². The van der Waals surface area contributed by atoms with Gasteiger partial charge < -0.3 is 10.2 Å². The van der Waals surface area contributed by atoms with Crippen molar-refractivity contribution in [3.05, 3.63) is 33.7 Å². The maximum Gasteiger partial charge on any atom is 0.164 e. The van der Waals surface area contributed by atoms with Crippen LogP contribution in [0.3, 0.4) is 0 Å². The van der Waals surface area contributed by atoms with E-state index >= 15 is 0 Å². The molecule has 0 radical (unpaired) electrons. The molecular weight excluding hydrogens is 370 g/mol. The van der Waals surface area contributed by atoms with E-state index < -0.39 is 0 Å². The zero-order valence-electron chi connectivity index (χ0n) is 18.5. The maximum absolute atomic E-state index is 10.3. The van der Waals surface area contributed by atoms with Crippen molar-refractivity contribution in [2.75, 3.05) is 0 Å². The molecule has 158 valence electrons. The Morgan fingerprint density at radius 2 is 1.80 bits per heavy atom. The van der Waals surface area contributed by atoms with Gasteiger partial charge in [0.15, 0.2) is 11.5 Å². The number of phenolic OH excluding ortho intramolecular Hbond substituents is 2. The molecule has 3 heteroatoms. The van der Waals surface area contributed by atoms with Crippen LogP contribution in [0.5, 0.6) is 11.5 Å². The molecule has 3 fully saturated rings. The number of hydrogen-bond acceptors (Lipinski definition) is 3. The summed E-state index contributed by atoms with van der Waals surface area (Å²) in [5.41, 5.74) is 2.38. The summed E-state index contributed by atoms with van der Waals surface area (Å²) in [5.74, 6) is 1.84. The van der Waals surface area contributed by atoms with Gasteiger partial charge in [-0.1, -0.05) is 38.2 Å². The summed E-state index contributed by atoms with van der Waals surface area (Å²) in [6.45, 7) is 11.0. The predicted molar refractivity (Wildman–Crippen MR) is 119 cm³/mol. The van der Waals surface area contributed by atoms with Crippen LogP contribution in [0.1, 0.15) is 71.3 Å². The Hall–Kier alpha value is -2.21. The first-order valence-corrected chi connectivity index (χ1v) is 11.5. The lowest BCUT2D eigenvalue weighted by molar-refractivity contribution is -0.0395. The highest BCUT2D eigenvalue weighted by Crippen LogP contribution is 2.65. The molecule has 0 saturated heterocycles. The fraction of sp³-hybridized carbons (Fsp3) is 0.593. The first kappa shape index (κ1) is 19.7. The van der Waals surface area contributed by atoms with Crippen LogP contribution in [0.25, 0.3) is 12.7 Å². The number of benzene rings is 1. The van der Waals surface area contributed by atoms with Crippen LogP contribution in [0.15, 0.2) is 17.7 Å². The van der Waals surface area contributed by atoms with E-state index in [1.54, 1.807) is 6.07 Å². The highest BCUT2D eigenvalue weighted by molar-refractivity contribution is 5.60. The van der Waals surface area contributed by atoms with Crippen LogP contribution in [-0.4, -0.2) is 10.2 Å². The second-order valence-corrected chi connectivity index (χ2v) is 11.2. The van der Waals surface area contributed by atoms with E-state index in [0.717, 1.165) is 42.4 Å². The minimum atomic E-state index is -0.175. The quantitative estimate of drug-likeness (QED) is 0.620. The number of nitrogens with zero attached hydrogens (tertiary/aromatic N) is 1. The summed E-state index contributed by atoms with van der Waals surface area (Å²) in [7, 11) is 0. The smallest absolute Gasteiger partial charge is 0.164 e.